The van der Waals surface area contributed by atoms with Crippen molar-refractivity contribution in [3.05, 3.63) is 59.4 Å². The van der Waals surface area contributed by atoms with Crippen molar-refractivity contribution >= 4 is 33.2 Å². The van der Waals surface area contributed by atoms with Gasteiger partial charge in [0, 0.05) is 34.6 Å². The summed E-state index contributed by atoms with van der Waals surface area (Å²) < 4.78 is 6.09. The van der Waals surface area contributed by atoms with Crippen LogP contribution in [-0.2, 0) is 0 Å². The minimum atomic E-state index is -0.0305. The predicted molar refractivity (Wildman–Crippen MR) is 96.9 cm³/mol. The van der Waals surface area contributed by atoms with Crippen LogP contribution in [-0.4, -0.2) is 35.8 Å². The summed E-state index contributed by atoms with van der Waals surface area (Å²) in [6.45, 7) is 1.28. The van der Waals surface area contributed by atoms with Crippen molar-refractivity contribution < 1.29 is 14.0 Å². The Morgan fingerprint density at radius 2 is 1.96 bits per heavy atom. The monoisotopic (exact) mass is 354 g/mol. The fourth-order valence-electron chi connectivity index (χ4n) is 3.21. The third-order valence-electron chi connectivity index (χ3n) is 4.61. The number of furan rings is 1. The molecule has 3 aromatic rings. The summed E-state index contributed by atoms with van der Waals surface area (Å²) in [5.74, 6) is -0.0422. The average Bonchev–Trinajstić information content (AvgIpc) is 3.31. The number of carbonyl (C=O) groups is 2. The van der Waals surface area contributed by atoms with Crippen molar-refractivity contribution in [3.8, 4) is 0 Å². The smallest absolute Gasteiger partial charge is 0.257 e. The summed E-state index contributed by atoms with van der Waals surface area (Å²) >= 11 is 1.58. The standard InChI is InChI=1S/C19H18N2O3S/c22-18(16-12-25-17-4-2-1-3-15(16)17)20-14-5-8-21(9-6-14)19(23)13-7-10-24-11-13/h1-4,7,10-12,14H,5-6,8-9H2,(H,20,22). The molecule has 3 heterocycles. The largest absolute Gasteiger partial charge is 0.472 e. The number of nitrogens with one attached hydrogen (secondary N) is 1. The zero-order valence-electron chi connectivity index (χ0n) is 13.6. The number of benzene rings is 1. The van der Waals surface area contributed by atoms with E-state index in [-0.39, 0.29) is 17.9 Å². The summed E-state index contributed by atoms with van der Waals surface area (Å²) in [6.07, 6.45) is 4.50. The molecular formula is C19H18N2O3S. The molecule has 4 rings (SSSR count). The molecule has 25 heavy (non-hydrogen) atoms. The Balaban J connectivity index is 1.37. The fourth-order valence-corrected chi connectivity index (χ4v) is 4.15. The molecule has 1 aliphatic rings. The van der Waals surface area contributed by atoms with Gasteiger partial charge in [-0.2, -0.15) is 0 Å². The van der Waals surface area contributed by atoms with Crippen molar-refractivity contribution in [2.75, 3.05) is 13.1 Å². The van der Waals surface area contributed by atoms with Crippen LogP contribution in [0.2, 0.25) is 0 Å². The molecule has 1 aliphatic heterocycles. The summed E-state index contributed by atoms with van der Waals surface area (Å²) in [5.41, 5.74) is 1.31. The molecule has 6 heteroatoms. The highest BCUT2D eigenvalue weighted by molar-refractivity contribution is 7.17. The molecule has 1 aromatic carbocycles. The predicted octanol–water partition coefficient (Wildman–Crippen LogP) is 3.53. The van der Waals surface area contributed by atoms with Crippen LogP contribution < -0.4 is 5.32 Å². The Morgan fingerprint density at radius 3 is 2.72 bits per heavy atom. The molecular weight excluding hydrogens is 336 g/mol. The van der Waals surface area contributed by atoms with E-state index in [1.807, 2.05) is 34.5 Å². The second-order valence-corrected chi connectivity index (χ2v) is 7.11. The molecule has 1 saturated heterocycles. The van der Waals surface area contributed by atoms with E-state index in [2.05, 4.69) is 5.32 Å². The molecule has 0 unspecified atom stereocenters. The SMILES string of the molecule is O=C(NC1CCN(C(=O)c2ccoc2)CC1)c1csc2ccccc12. The number of fused-ring (bicyclic) bond motifs is 1. The highest BCUT2D eigenvalue weighted by Crippen LogP contribution is 2.26. The molecule has 1 N–H and O–H groups in total. The van der Waals surface area contributed by atoms with Gasteiger partial charge in [-0.3, -0.25) is 9.59 Å². The van der Waals surface area contributed by atoms with Crippen LogP contribution in [0.15, 0.2) is 52.7 Å². The molecule has 5 nitrogen and oxygen atoms in total. The van der Waals surface area contributed by atoms with E-state index in [0.29, 0.717) is 18.7 Å². The van der Waals surface area contributed by atoms with Crippen molar-refractivity contribution in [1.82, 2.24) is 10.2 Å². The highest BCUT2D eigenvalue weighted by atomic mass is 32.1. The molecule has 0 radical (unpaired) electrons. The van der Waals surface area contributed by atoms with E-state index in [9.17, 15) is 9.59 Å². The second kappa shape index (κ2) is 6.72. The van der Waals surface area contributed by atoms with Gasteiger partial charge < -0.3 is 14.6 Å². The summed E-state index contributed by atoms with van der Waals surface area (Å²) in [5, 5.41) is 6.03. The third-order valence-corrected chi connectivity index (χ3v) is 5.57. The van der Waals surface area contributed by atoms with Crippen LogP contribution in [0.4, 0.5) is 0 Å². The zero-order chi connectivity index (χ0) is 17.2. The molecule has 0 saturated carbocycles. The molecule has 0 spiro atoms. The number of thiophene rings is 1. The molecule has 1 fully saturated rings. The summed E-state index contributed by atoms with van der Waals surface area (Å²) in [4.78, 5) is 26.7. The minimum absolute atomic E-state index is 0.0117. The van der Waals surface area contributed by atoms with Crippen LogP contribution >= 0.6 is 11.3 Å². The van der Waals surface area contributed by atoms with E-state index in [1.165, 1.54) is 12.5 Å². The van der Waals surface area contributed by atoms with Crippen LogP contribution in [0.3, 0.4) is 0 Å². The van der Waals surface area contributed by atoms with Gasteiger partial charge in [-0.15, -0.1) is 11.3 Å². The minimum Gasteiger partial charge on any atom is -0.472 e. The Morgan fingerprint density at radius 1 is 1.16 bits per heavy atom. The van der Waals surface area contributed by atoms with Gasteiger partial charge in [0.2, 0.25) is 0 Å². The molecule has 128 valence electrons. The van der Waals surface area contributed by atoms with Gasteiger partial charge in [0.15, 0.2) is 0 Å². The number of likely N-dealkylation sites (tertiary alicyclic amines) is 1. The van der Waals surface area contributed by atoms with Crippen LogP contribution in [0, 0.1) is 0 Å². The maximum Gasteiger partial charge on any atom is 0.257 e. The number of rotatable bonds is 3. The van der Waals surface area contributed by atoms with Gasteiger partial charge in [0.1, 0.15) is 6.26 Å². The Kier molecular flexibility index (Phi) is 4.28. The molecule has 0 atom stereocenters. The normalized spacial score (nSPS) is 15.4. The van der Waals surface area contributed by atoms with Gasteiger partial charge >= 0.3 is 0 Å². The van der Waals surface area contributed by atoms with Crippen molar-refractivity contribution in [2.45, 2.75) is 18.9 Å². The number of carbonyl (C=O) groups excluding carboxylic acids is 2. The Labute approximate surface area is 149 Å². The Hall–Kier alpha value is -2.60. The average molecular weight is 354 g/mol. The second-order valence-electron chi connectivity index (χ2n) is 6.20. The van der Waals surface area contributed by atoms with Crippen molar-refractivity contribution in [1.29, 1.82) is 0 Å². The van der Waals surface area contributed by atoms with Crippen LogP contribution in [0.5, 0.6) is 0 Å². The van der Waals surface area contributed by atoms with Crippen LogP contribution in [0.25, 0.3) is 10.1 Å². The lowest BCUT2D eigenvalue weighted by Gasteiger charge is -2.32. The first-order valence-electron chi connectivity index (χ1n) is 8.31. The Bertz CT molecular complexity index is 892. The summed E-state index contributed by atoms with van der Waals surface area (Å²) in [6, 6.07) is 9.71. The zero-order valence-corrected chi connectivity index (χ0v) is 14.4. The van der Waals surface area contributed by atoms with Gasteiger partial charge in [0.05, 0.1) is 17.4 Å². The van der Waals surface area contributed by atoms with Gasteiger partial charge in [0.25, 0.3) is 11.8 Å². The van der Waals surface area contributed by atoms with Gasteiger partial charge in [-0.1, -0.05) is 18.2 Å². The number of amides is 2. The number of piperidine rings is 1. The maximum absolute atomic E-state index is 12.6. The van der Waals surface area contributed by atoms with Gasteiger partial charge in [-0.25, -0.2) is 0 Å². The van der Waals surface area contributed by atoms with E-state index in [4.69, 9.17) is 4.42 Å². The van der Waals surface area contributed by atoms with E-state index < -0.39 is 0 Å². The number of nitrogens with zero attached hydrogens (tertiary/aromatic N) is 1. The lowest BCUT2D eigenvalue weighted by Crippen LogP contribution is -2.46. The quantitative estimate of drug-likeness (QED) is 0.783. The topological polar surface area (TPSA) is 62.6 Å². The first kappa shape index (κ1) is 15.9. The highest BCUT2D eigenvalue weighted by Gasteiger charge is 2.25. The summed E-state index contributed by atoms with van der Waals surface area (Å²) in [7, 11) is 0. The van der Waals surface area contributed by atoms with E-state index in [0.717, 1.165) is 28.5 Å². The first-order chi connectivity index (χ1) is 12.2. The van der Waals surface area contributed by atoms with Crippen molar-refractivity contribution in [2.24, 2.45) is 0 Å². The number of hydrogen-bond acceptors (Lipinski definition) is 4. The molecule has 2 amide bonds. The lowest BCUT2D eigenvalue weighted by molar-refractivity contribution is 0.0697. The fraction of sp³-hybridized carbons (Fsp3) is 0.263. The van der Waals surface area contributed by atoms with E-state index in [1.54, 1.807) is 17.4 Å². The lowest BCUT2D eigenvalue weighted by atomic mass is 10.0. The first-order valence-corrected chi connectivity index (χ1v) is 9.19. The third kappa shape index (κ3) is 3.17. The molecule has 0 bridgehead atoms. The number of hydrogen-bond donors (Lipinski definition) is 1. The molecule has 2 aromatic heterocycles. The maximum atomic E-state index is 12.6. The van der Waals surface area contributed by atoms with Crippen LogP contribution in [0.1, 0.15) is 33.6 Å². The van der Waals surface area contributed by atoms with Crippen molar-refractivity contribution in [3.63, 3.8) is 0 Å². The van der Waals surface area contributed by atoms with E-state index >= 15 is 0 Å². The molecule has 0 aliphatic carbocycles. The van der Waals surface area contributed by atoms with Gasteiger partial charge in [-0.05, 0) is 25.0 Å².